The summed E-state index contributed by atoms with van der Waals surface area (Å²) in [6.45, 7) is 8.45. The average molecular weight is 199 g/mol. The Kier molecular flexibility index (Phi) is 4.39. The lowest BCUT2D eigenvalue weighted by Gasteiger charge is -2.39. The van der Waals surface area contributed by atoms with E-state index in [0.29, 0.717) is 11.8 Å². The van der Waals surface area contributed by atoms with Gasteiger partial charge >= 0.3 is 0 Å². The monoisotopic (exact) mass is 199 g/mol. The molecule has 1 rings (SSSR count). The van der Waals surface area contributed by atoms with Crippen LogP contribution >= 0.6 is 0 Å². The quantitative estimate of drug-likeness (QED) is 0.680. The standard InChI is InChI=1S/C12H25NO/c1-4-5-13-9-12(14)7-10(2)6-11(3)8-12/h10-11,13-14H,4-9H2,1-3H3. The third-order valence-corrected chi connectivity index (χ3v) is 3.14. The molecule has 2 atom stereocenters. The number of aliphatic hydroxyl groups is 1. The molecule has 0 aliphatic heterocycles. The van der Waals surface area contributed by atoms with Crippen LogP contribution in [0.5, 0.6) is 0 Å². The molecule has 84 valence electrons. The highest BCUT2D eigenvalue weighted by molar-refractivity contribution is 4.89. The first-order valence-corrected chi connectivity index (χ1v) is 5.99. The molecular weight excluding hydrogens is 174 g/mol. The van der Waals surface area contributed by atoms with E-state index in [9.17, 15) is 5.11 Å². The SMILES string of the molecule is CCCNCC1(O)CC(C)CC(C)C1. The van der Waals surface area contributed by atoms with Crippen LogP contribution in [0.3, 0.4) is 0 Å². The first-order chi connectivity index (χ1) is 6.56. The zero-order valence-corrected chi connectivity index (χ0v) is 9.84. The predicted octanol–water partition coefficient (Wildman–Crippen LogP) is 2.17. The van der Waals surface area contributed by atoms with Crippen LogP contribution in [0.1, 0.15) is 46.5 Å². The lowest BCUT2D eigenvalue weighted by atomic mass is 9.74. The van der Waals surface area contributed by atoms with E-state index >= 15 is 0 Å². The lowest BCUT2D eigenvalue weighted by Crippen LogP contribution is -2.46. The number of hydrogen-bond donors (Lipinski definition) is 2. The maximum atomic E-state index is 10.4. The summed E-state index contributed by atoms with van der Waals surface area (Å²) in [5.74, 6) is 1.35. The van der Waals surface area contributed by atoms with Gasteiger partial charge in [-0.15, -0.1) is 0 Å². The molecule has 0 bridgehead atoms. The van der Waals surface area contributed by atoms with Gasteiger partial charge in [0, 0.05) is 6.54 Å². The Bertz CT molecular complexity index is 160. The highest BCUT2D eigenvalue weighted by Crippen LogP contribution is 2.35. The van der Waals surface area contributed by atoms with Crippen molar-refractivity contribution in [3.05, 3.63) is 0 Å². The van der Waals surface area contributed by atoms with Crippen molar-refractivity contribution in [1.29, 1.82) is 0 Å². The summed E-state index contributed by atoms with van der Waals surface area (Å²) in [7, 11) is 0. The highest BCUT2D eigenvalue weighted by atomic mass is 16.3. The van der Waals surface area contributed by atoms with Gasteiger partial charge in [0.2, 0.25) is 0 Å². The van der Waals surface area contributed by atoms with Gasteiger partial charge in [0.1, 0.15) is 0 Å². The van der Waals surface area contributed by atoms with E-state index in [0.717, 1.165) is 32.4 Å². The summed E-state index contributed by atoms with van der Waals surface area (Å²) < 4.78 is 0. The summed E-state index contributed by atoms with van der Waals surface area (Å²) >= 11 is 0. The molecule has 14 heavy (non-hydrogen) atoms. The zero-order chi connectivity index (χ0) is 10.6. The maximum absolute atomic E-state index is 10.4. The van der Waals surface area contributed by atoms with Crippen molar-refractivity contribution >= 4 is 0 Å². The number of hydrogen-bond acceptors (Lipinski definition) is 2. The van der Waals surface area contributed by atoms with Crippen LogP contribution in [-0.2, 0) is 0 Å². The van der Waals surface area contributed by atoms with Crippen LogP contribution in [0.2, 0.25) is 0 Å². The van der Waals surface area contributed by atoms with Crippen LogP contribution in [0.25, 0.3) is 0 Å². The minimum Gasteiger partial charge on any atom is -0.389 e. The van der Waals surface area contributed by atoms with E-state index in [2.05, 4.69) is 26.1 Å². The van der Waals surface area contributed by atoms with Crippen molar-refractivity contribution in [1.82, 2.24) is 5.32 Å². The van der Waals surface area contributed by atoms with Crippen LogP contribution < -0.4 is 5.32 Å². The molecule has 2 N–H and O–H groups in total. The predicted molar refractivity (Wildman–Crippen MR) is 60.3 cm³/mol. The van der Waals surface area contributed by atoms with Crippen molar-refractivity contribution in [2.45, 2.75) is 52.1 Å². The van der Waals surface area contributed by atoms with Gasteiger partial charge in [-0.2, -0.15) is 0 Å². The third-order valence-electron chi connectivity index (χ3n) is 3.14. The van der Waals surface area contributed by atoms with Crippen LogP contribution in [0.4, 0.5) is 0 Å². The van der Waals surface area contributed by atoms with Gasteiger partial charge in [0.25, 0.3) is 0 Å². The molecule has 1 aliphatic carbocycles. The summed E-state index contributed by atoms with van der Waals surface area (Å²) in [6.07, 6.45) is 4.35. The first kappa shape index (κ1) is 12.0. The minimum atomic E-state index is -0.438. The minimum absolute atomic E-state index is 0.438. The molecule has 0 aromatic rings. The van der Waals surface area contributed by atoms with Gasteiger partial charge in [-0.3, -0.25) is 0 Å². The molecule has 1 aliphatic rings. The van der Waals surface area contributed by atoms with Crippen molar-refractivity contribution in [2.24, 2.45) is 11.8 Å². The van der Waals surface area contributed by atoms with E-state index in [1.165, 1.54) is 6.42 Å². The van der Waals surface area contributed by atoms with Gasteiger partial charge < -0.3 is 10.4 Å². The van der Waals surface area contributed by atoms with Crippen molar-refractivity contribution in [3.8, 4) is 0 Å². The molecule has 0 aromatic heterocycles. The summed E-state index contributed by atoms with van der Waals surface area (Å²) in [5.41, 5.74) is -0.438. The molecule has 1 fully saturated rings. The molecule has 0 spiro atoms. The Morgan fingerprint density at radius 3 is 2.36 bits per heavy atom. The molecule has 2 heteroatoms. The van der Waals surface area contributed by atoms with Crippen molar-refractivity contribution in [3.63, 3.8) is 0 Å². The largest absolute Gasteiger partial charge is 0.389 e. The molecular formula is C12H25NO. The van der Waals surface area contributed by atoms with Gasteiger partial charge in [-0.05, 0) is 44.1 Å². The fourth-order valence-corrected chi connectivity index (χ4v) is 2.88. The fourth-order valence-electron chi connectivity index (χ4n) is 2.88. The summed E-state index contributed by atoms with van der Waals surface area (Å²) in [4.78, 5) is 0. The number of rotatable bonds is 4. The maximum Gasteiger partial charge on any atom is 0.0776 e. The second-order valence-electron chi connectivity index (χ2n) is 5.26. The summed E-state index contributed by atoms with van der Waals surface area (Å²) in [6, 6.07) is 0. The molecule has 1 saturated carbocycles. The van der Waals surface area contributed by atoms with Crippen molar-refractivity contribution < 1.29 is 5.11 Å². The molecule has 0 radical (unpaired) electrons. The first-order valence-electron chi connectivity index (χ1n) is 5.99. The average Bonchev–Trinajstić information content (AvgIpc) is 2.01. The van der Waals surface area contributed by atoms with Crippen LogP contribution in [0.15, 0.2) is 0 Å². The molecule has 2 nitrogen and oxygen atoms in total. The van der Waals surface area contributed by atoms with Gasteiger partial charge in [-0.25, -0.2) is 0 Å². The van der Waals surface area contributed by atoms with E-state index in [1.807, 2.05) is 0 Å². The van der Waals surface area contributed by atoms with E-state index in [1.54, 1.807) is 0 Å². The molecule has 2 unspecified atom stereocenters. The zero-order valence-electron chi connectivity index (χ0n) is 9.84. The van der Waals surface area contributed by atoms with E-state index in [-0.39, 0.29) is 0 Å². The second kappa shape index (κ2) is 5.13. The number of nitrogens with one attached hydrogen (secondary N) is 1. The smallest absolute Gasteiger partial charge is 0.0776 e. The highest BCUT2D eigenvalue weighted by Gasteiger charge is 2.35. The second-order valence-corrected chi connectivity index (χ2v) is 5.26. The lowest BCUT2D eigenvalue weighted by molar-refractivity contribution is -0.0293. The van der Waals surface area contributed by atoms with Crippen LogP contribution in [0, 0.1) is 11.8 Å². The topological polar surface area (TPSA) is 32.3 Å². The Labute approximate surface area is 88.1 Å². The van der Waals surface area contributed by atoms with Crippen molar-refractivity contribution in [2.75, 3.05) is 13.1 Å². The molecule has 0 amide bonds. The third kappa shape index (κ3) is 3.58. The van der Waals surface area contributed by atoms with Gasteiger partial charge in [-0.1, -0.05) is 20.8 Å². The van der Waals surface area contributed by atoms with E-state index < -0.39 is 5.60 Å². The van der Waals surface area contributed by atoms with Crippen LogP contribution in [-0.4, -0.2) is 23.8 Å². The molecule has 0 aromatic carbocycles. The normalized spacial score (nSPS) is 38.6. The van der Waals surface area contributed by atoms with Gasteiger partial charge in [0.15, 0.2) is 0 Å². The van der Waals surface area contributed by atoms with Gasteiger partial charge in [0.05, 0.1) is 5.60 Å². The fraction of sp³-hybridized carbons (Fsp3) is 1.00. The van der Waals surface area contributed by atoms with E-state index in [4.69, 9.17) is 0 Å². The summed E-state index contributed by atoms with van der Waals surface area (Å²) in [5, 5.41) is 13.7. The Balaban J connectivity index is 2.38. The molecule has 0 heterocycles. The Hall–Kier alpha value is -0.0800. The Morgan fingerprint density at radius 2 is 1.86 bits per heavy atom. The Morgan fingerprint density at radius 1 is 1.29 bits per heavy atom. The molecule has 0 saturated heterocycles.